The fourth-order valence-corrected chi connectivity index (χ4v) is 8.28. The third kappa shape index (κ3) is 18.1. The Kier molecular flexibility index (Phi) is 23.6. The molecule has 5 atom stereocenters. The van der Waals surface area contributed by atoms with Crippen LogP contribution in [0.25, 0.3) is 10.4 Å². The van der Waals surface area contributed by atoms with Crippen molar-refractivity contribution in [3.63, 3.8) is 0 Å². The summed E-state index contributed by atoms with van der Waals surface area (Å²) < 4.78 is 8.36. The lowest BCUT2D eigenvalue weighted by atomic mass is 9.76. The zero-order valence-electron chi connectivity index (χ0n) is 42.8. The van der Waals surface area contributed by atoms with E-state index in [9.17, 15) is 48.6 Å². The molecule has 74 heavy (non-hydrogen) atoms. The first-order chi connectivity index (χ1) is 35.3. The number of aromatic carboxylic acids is 1. The van der Waals surface area contributed by atoms with Gasteiger partial charge in [0.2, 0.25) is 29.5 Å². The monoisotopic (exact) mass is 1030 g/mol. The van der Waals surface area contributed by atoms with Gasteiger partial charge < -0.3 is 57.5 Å². The number of hydrogen-bond acceptors (Lipinski definition) is 12. The Labute approximate surface area is 430 Å². The number of rotatable bonds is 30. The highest BCUT2D eigenvalue weighted by molar-refractivity contribution is 6.03. The number of aliphatic carboxylic acids is 1. The summed E-state index contributed by atoms with van der Waals surface area (Å²) in [4.78, 5) is 106. The molecule has 1 heterocycles. The predicted octanol–water partition coefficient (Wildman–Crippen LogP) is 2.63. The number of anilines is 1. The molecule has 400 valence electrons. The predicted molar refractivity (Wildman–Crippen MR) is 276 cm³/mol. The highest BCUT2D eigenvalue weighted by Crippen LogP contribution is 2.47. The van der Waals surface area contributed by atoms with Crippen LogP contribution in [0.4, 0.5) is 5.69 Å². The number of benzene rings is 2. The summed E-state index contributed by atoms with van der Waals surface area (Å²) in [6.07, 6.45) is 9.08. The number of nitrogens with two attached hydrogens (primary N) is 1. The number of carboxylic acids is 2. The van der Waals surface area contributed by atoms with Crippen LogP contribution >= 0.6 is 0 Å². The molecule has 0 aromatic heterocycles. The second-order valence-electron chi connectivity index (χ2n) is 18.4. The van der Waals surface area contributed by atoms with Gasteiger partial charge in [0.1, 0.15) is 44.1 Å². The number of fused-ring (bicyclic) bond motifs is 2. The fourth-order valence-electron chi connectivity index (χ4n) is 8.28. The zero-order chi connectivity index (χ0) is 54.3. The lowest BCUT2D eigenvalue weighted by Gasteiger charge is -2.36. The van der Waals surface area contributed by atoms with Gasteiger partial charge in [0, 0.05) is 86.4 Å². The molecule has 0 fully saturated rings. The van der Waals surface area contributed by atoms with E-state index in [1.165, 1.54) is 19.1 Å². The molecule has 6 amide bonds. The number of unbranched alkanes of at least 4 members (excludes halogenated alkanes) is 4. The smallest absolute Gasteiger partial charge is 0.335 e. The topological polar surface area (TPSA) is 339 Å². The van der Waals surface area contributed by atoms with Gasteiger partial charge in [0.05, 0.1) is 12.1 Å². The van der Waals surface area contributed by atoms with Crippen LogP contribution in [0.1, 0.15) is 115 Å². The van der Waals surface area contributed by atoms with Gasteiger partial charge in [-0.25, -0.2) is 14.2 Å². The quantitative estimate of drug-likeness (QED) is 0.0179. The van der Waals surface area contributed by atoms with Crippen molar-refractivity contribution in [3.8, 4) is 5.75 Å². The van der Waals surface area contributed by atoms with E-state index in [1.807, 2.05) is 74.1 Å². The van der Waals surface area contributed by atoms with Crippen molar-refractivity contribution in [3.05, 3.63) is 92.9 Å². The Morgan fingerprint density at radius 3 is 2.19 bits per heavy atom. The summed E-state index contributed by atoms with van der Waals surface area (Å²) in [7, 11) is 7.65. The number of carboxylic acid groups (broad SMARTS) is 2. The first-order valence-electron chi connectivity index (χ1n) is 24.8. The number of azide groups is 1. The first kappa shape index (κ1) is 58.8. The van der Waals surface area contributed by atoms with Gasteiger partial charge in [-0.3, -0.25) is 28.8 Å². The first-order valence-corrected chi connectivity index (χ1v) is 24.8. The Morgan fingerprint density at radius 1 is 0.797 bits per heavy atom. The molecule has 1 aliphatic carbocycles. The van der Waals surface area contributed by atoms with Gasteiger partial charge in [-0.05, 0) is 124 Å². The molecule has 2 aliphatic rings. The van der Waals surface area contributed by atoms with E-state index in [-0.39, 0.29) is 63.0 Å². The normalized spacial score (nSPS) is 15.4. The Hall–Kier alpha value is -7.78. The van der Waals surface area contributed by atoms with Crippen LogP contribution in [-0.4, -0.2) is 153 Å². The number of nitrogens with one attached hydrogen (secondary N) is 6. The van der Waals surface area contributed by atoms with E-state index in [1.54, 1.807) is 6.07 Å². The van der Waals surface area contributed by atoms with Crippen LogP contribution in [0.2, 0.25) is 0 Å². The van der Waals surface area contributed by atoms with E-state index < -0.39 is 77.5 Å². The minimum absolute atomic E-state index is 0.0480. The van der Waals surface area contributed by atoms with Crippen molar-refractivity contribution in [2.24, 2.45) is 10.8 Å². The van der Waals surface area contributed by atoms with Crippen LogP contribution in [0.3, 0.4) is 0 Å². The van der Waals surface area contributed by atoms with Gasteiger partial charge in [0.15, 0.2) is 5.71 Å². The molecule has 2 aromatic carbocycles. The molecule has 23 nitrogen and oxygen atoms in total. The zero-order valence-corrected chi connectivity index (χ0v) is 42.8. The SMILES string of the molecule is C[C@H](NC(=O)CCN=[N+]=[N-])C(=O)N[C@@H](CCCCN)C(=O)NCC(=O)NCCCCCC(=O)N[C@@H](CCCCNC(=O)c1ccc(C(=O)O)c(C2C3=CC(=[N+](C)C)C=CC3Oc3ccc(N(C)C)cc32)c1)C(=O)O. The Morgan fingerprint density at radius 2 is 1.50 bits per heavy atom. The molecular weight excluding hydrogens is 957 g/mol. The number of nitrogens with zero attached hydrogens (tertiary/aromatic N) is 5. The summed E-state index contributed by atoms with van der Waals surface area (Å²) in [5.41, 5.74) is 18.1. The van der Waals surface area contributed by atoms with Crippen molar-refractivity contribution in [2.75, 3.05) is 65.8 Å². The van der Waals surface area contributed by atoms with Crippen molar-refractivity contribution in [1.82, 2.24) is 31.9 Å². The maximum absolute atomic E-state index is 13.6. The molecule has 0 saturated heterocycles. The third-order valence-electron chi connectivity index (χ3n) is 12.4. The lowest BCUT2D eigenvalue weighted by molar-refractivity contribution is -0.462. The molecule has 2 aromatic rings. The van der Waals surface area contributed by atoms with E-state index >= 15 is 0 Å². The standard InChI is InChI=1S/C51H70N12O11/c1-31(58-44(65)22-26-57-61-53)47(67)60-39(13-8-10-23-52)49(69)56-30-45(66)54-24-11-6-7-15-43(64)59-40(51(72)73)14-9-12-25-55-48(68)32-16-19-35(50(70)71)36(27-32)46-37-28-33(62(2)3)17-20-41(37)74-42-21-18-34(63(4)5)29-38(42)46/h16-21,27-29,31,39-41,46H,6-15,22-26,30,52H2,1-5H3,(H7-,54,55,56,58,59,60,64,65,66,67,68,69,70,71,72,73)/p+1/t31-,39-,40-,41?,46?/m0/s1. The average Bonchev–Trinajstić information content (AvgIpc) is 3.36. The van der Waals surface area contributed by atoms with Crippen molar-refractivity contribution < 1.29 is 57.9 Å². The summed E-state index contributed by atoms with van der Waals surface area (Å²) in [6, 6.07) is 7.18. The number of carbonyl (C=O) groups excluding carboxylic acids is 6. The minimum Gasteiger partial charge on any atom is -0.482 e. The Balaban J connectivity index is 1.21. The molecule has 0 saturated carbocycles. The van der Waals surface area contributed by atoms with Crippen molar-refractivity contribution in [2.45, 2.75) is 108 Å². The van der Waals surface area contributed by atoms with Crippen LogP contribution in [-0.2, 0) is 28.8 Å². The molecule has 1 aliphatic heterocycles. The van der Waals surface area contributed by atoms with Crippen LogP contribution in [0.15, 0.2) is 65.3 Å². The largest absolute Gasteiger partial charge is 0.482 e. The molecule has 0 radical (unpaired) electrons. The van der Waals surface area contributed by atoms with Crippen molar-refractivity contribution in [1.29, 1.82) is 0 Å². The highest BCUT2D eigenvalue weighted by atomic mass is 16.5. The minimum atomic E-state index is -1.19. The van der Waals surface area contributed by atoms with Gasteiger partial charge in [-0.1, -0.05) is 11.5 Å². The molecule has 0 spiro atoms. The molecule has 23 heteroatoms. The number of ether oxygens (including phenoxy) is 1. The van der Waals surface area contributed by atoms with Crippen molar-refractivity contribution >= 4 is 58.8 Å². The molecule has 0 bridgehead atoms. The van der Waals surface area contributed by atoms with E-state index in [4.69, 9.17) is 16.0 Å². The second kappa shape index (κ2) is 29.7. The maximum atomic E-state index is 13.6. The molecule has 10 N–H and O–H groups in total. The third-order valence-corrected chi connectivity index (χ3v) is 12.4. The molecule has 4 rings (SSSR count). The summed E-state index contributed by atoms with van der Waals surface area (Å²) in [5, 5.41) is 39.2. The summed E-state index contributed by atoms with van der Waals surface area (Å²) in [5.74, 6) is -5.35. The van der Waals surface area contributed by atoms with Gasteiger partial charge in [0.25, 0.3) is 5.91 Å². The number of hydrogen-bond donors (Lipinski definition) is 9. The fraction of sp³-hybridized carbons (Fsp3) is 0.510. The van der Waals surface area contributed by atoms with E-state index in [2.05, 4.69) is 41.9 Å². The number of carbonyl (C=O) groups is 8. The maximum Gasteiger partial charge on any atom is 0.335 e. The van der Waals surface area contributed by atoms with E-state index in [0.717, 1.165) is 22.5 Å². The van der Waals surface area contributed by atoms with Crippen LogP contribution < -0.4 is 47.3 Å². The van der Waals surface area contributed by atoms with Gasteiger partial charge >= 0.3 is 11.9 Å². The lowest BCUT2D eigenvalue weighted by Crippen LogP contribution is -2.53. The number of allylic oxidation sites excluding steroid dienone is 2. The average molecular weight is 1030 g/mol. The van der Waals surface area contributed by atoms with E-state index in [0.29, 0.717) is 62.8 Å². The highest BCUT2D eigenvalue weighted by Gasteiger charge is 2.38. The van der Waals surface area contributed by atoms with Gasteiger partial charge in [-0.2, -0.15) is 0 Å². The van der Waals surface area contributed by atoms with Crippen LogP contribution in [0.5, 0.6) is 5.75 Å². The summed E-state index contributed by atoms with van der Waals surface area (Å²) in [6.45, 7) is 1.84. The summed E-state index contributed by atoms with van der Waals surface area (Å²) >= 11 is 0. The van der Waals surface area contributed by atoms with Gasteiger partial charge in [-0.15, -0.1) is 0 Å². The second-order valence-corrected chi connectivity index (χ2v) is 18.4. The van der Waals surface area contributed by atoms with Crippen LogP contribution in [0, 0.1) is 0 Å². The number of amides is 6. The molecule has 2 unspecified atom stereocenters. The molecular formula is C51H71N12O11+. The Bertz CT molecular complexity index is 2520.